The minimum Gasteiger partial charge on any atom is -0.545 e. The zero-order chi connectivity index (χ0) is 17.4. The molecule has 0 radical (unpaired) electrons. The molecule has 2 aromatic rings. The van der Waals surface area contributed by atoms with Crippen LogP contribution in [0.3, 0.4) is 0 Å². The molecule has 2 aromatic carbocycles. The van der Waals surface area contributed by atoms with Gasteiger partial charge in [0.05, 0.1) is 11.9 Å². The Morgan fingerprint density at radius 1 is 0.615 bits per heavy atom. The Kier molecular flexibility index (Phi) is 12.9. The van der Waals surface area contributed by atoms with Crippen molar-refractivity contribution < 1.29 is 78.9 Å². The Bertz CT molecular complexity index is 664. The van der Waals surface area contributed by atoms with Crippen LogP contribution in [0, 0.1) is 0 Å². The quantitative estimate of drug-likeness (QED) is 0.346. The molecule has 0 saturated carbocycles. The second-order valence-electron chi connectivity index (χ2n) is 5.50. The number of aliphatic carboxylic acids is 2. The number of benzene rings is 2. The first-order valence-electron chi connectivity index (χ1n) is 7.80. The molecule has 0 unspecified atom stereocenters. The van der Waals surface area contributed by atoms with Gasteiger partial charge in [0.25, 0.3) is 0 Å². The molecule has 0 N–H and O–H groups in total. The van der Waals surface area contributed by atoms with Crippen molar-refractivity contribution in [3.63, 3.8) is 0 Å². The monoisotopic (exact) mass is 368 g/mol. The molecule has 0 saturated heterocycles. The van der Waals surface area contributed by atoms with Crippen molar-refractivity contribution in [2.24, 2.45) is 0 Å². The number of aryl methyl sites for hydroxylation is 2. The van der Waals surface area contributed by atoms with Crippen molar-refractivity contribution in [2.45, 2.75) is 25.7 Å². The minimum absolute atomic E-state index is 0. The van der Waals surface area contributed by atoms with Crippen LogP contribution in [-0.2, 0) is 22.4 Å². The molecular formula is C20H18Na2O4. The Hall–Kier alpha value is -0.880. The Balaban J connectivity index is 0.00000312. The number of carbonyl (C=O) groups excluding carboxylic acids is 2. The largest absolute Gasteiger partial charge is 1.00 e. The predicted octanol–water partition coefficient (Wildman–Crippen LogP) is -4.94. The molecule has 0 heterocycles. The third-order valence-corrected chi connectivity index (χ3v) is 3.87. The van der Waals surface area contributed by atoms with E-state index in [4.69, 9.17) is 0 Å². The average Bonchev–Trinajstić information content (AvgIpc) is 2.59. The summed E-state index contributed by atoms with van der Waals surface area (Å²) in [5.74, 6) is -2.89. The molecule has 0 atom stereocenters. The van der Waals surface area contributed by atoms with Gasteiger partial charge in [-0.25, -0.2) is 0 Å². The van der Waals surface area contributed by atoms with Crippen LogP contribution in [0.15, 0.2) is 71.8 Å². The Morgan fingerprint density at radius 2 is 0.923 bits per heavy atom. The van der Waals surface area contributed by atoms with Crippen LogP contribution >= 0.6 is 0 Å². The van der Waals surface area contributed by atoms with Crippen LogP contribution in [0.25, 0.3) is 0 Å². The van der Waals surface area contributed by atoms with Crippen molar-refractivity contribution in [1.29, 1.82) is 0 Å². The van der Waals surface area contributed by atoms with Gasteiger partial charge in [-0.3, -0.25) is 0 Å². The molecule has 124 valence electrons. The standard InChI is InChI=1S/C20H20O4.2Na/c21-19(22)17(13-11-15-7-3-1-4-8-15)18(20(23)24)14-12-16-9-5-2-6-10-16;;/h1-10H,11-14H2,(H,21,22)(H,23,24);;/q;2*+1/p-2/b18-17-;;. The van der Waals surface area contributed by atoms with E-state index >= 15 is 0 Å². The normalized spacial score (nSPS) is 10.8. The van der Waals surface area contributed by atoms with Crippen LogP contribution in [-0.4, -0.2) is 11.9 Å². The van der Waals surface area contributed by atoms with Crippen LogP contribution in [0.1, 0.15) is 24.0 Å². The number of rotatable bonds is 8. The molecule has 0 aliphatic heterocycles. The van der Waals surface area contributed by atoms with E-state index in [2.05, 4.69) is 0 Å². The van der Waals surface area contributed by atoms with Gasteiger partial charge in [0.2, 0.25) is 0 Å². The van der Waals surface area contributed by atoms with E-state index in [-0.39, 0.29) is 83.1 Å². The molecule has 4 nitrogen and oxygen atoms in total. The topological polar surface area (TPSA) is 80.3 Å². The van der Waals surface area contributed by atoms with Crippen LogP contribution < -0.4 is 69.3 Å². The Labute approximate surface area is 197 Å². The summed E-state index contributed by atoms with van der Waals surface area (Å²) in [4.78, 5) is 22.8. The first-order chi connectivity index (χ1) is 11.6. The zero-order valence-electron chi connectivity index (χ0n) is 15.2. The summed E-state index contributed by atoms with van der Waals surface area (Å²) in [7, 11) is 0. The molecule has 0 amide bonds. The molecule has 26 heavy (non-hydrogen) atoms. The molecule has 0 aromatic heterocycles. The SMILES string of the molecule is O=C([O-])/C(CCc1ccccc1)=C(/CCc1ccccc1)C(=O)[O-].[Na+].[Na+]. The summed E-state index contributed by atoms with van der Waals surface area (Å²) in [6.45, 7) is 0. The molecule has 6 heteroatoms. The number of carbonyl (C=O) groups is 2. The Morgan fingerprint density at radius 3 is 1.19 bits per heavy atom. The van der Waals surface area contributed by atoms with Gasteiger partial charge >= 0.3 is 59.1 Å². The van der Waals surface area contributed by atoms with Gasteiger partial charge in [0.1, 0.15) is 0 Å². The molecule has 0 bridgehead atoms. The molecular weight excluding hydrogens is 350 g/mol. The van der Waals surface area contributed by atoms with Crippen LogP contribution in [0.5, 0.6) is 0 Å². The number of carboxylic acids is 2. The maximum atomic E-state index is 11.4. The molecule has 0 aliphatic rings. The van der Waals surface area contributed by atoms with Crippen molar-refractivity contribution >= 4 is 11.9 Å². The summed E-state index contributed by atoms with van der Waals surface area (Å²) in [5, 5.41) is 22.8. The van der Waals surface area contributed by atoms with E-state index in [1.54, 1.807) is 0 Å². The van der Waals surface area contributed by atoms with Gasteiger partial charge in [-0.05, 0) is 48.0 Å². The molecule has 0 spiro atoms. The van der Waals surface area contributed by atoms with Gasteiger partial charge in [-0.2, -0.15) is 0 Å². The smallest absolute Gasteiger partial charge is 0.545 e. The maximum absolute atomic E-state index is 11.4. The van der Waals surface area contributed by atoms with E-state index in [0.29, 0.717) is 12.8 Å². The third kappa shape index (κ3) is 8.21. The fourth-order valence-corrected chi connectivity index (χ4v) is 2.58. The van der Waals surface area contributed by atoms with Crippen molar-refractivity contribution in [2.75, 3.05) is 0 Å². The number of carboxylic acid groups (broad SMARTS) is 2. The molecule has 0 fully saturated rings. The minimum atomic E-state index is -1.45. The van der Waals surface area contributed by atoms with E-state index in [9.17, 15) is 19.8 Å². The van der Waals surface area contributed by atoms with Crippen LogP contribution in [0.2, 0.25) is 0 Å². The van der Waals surface area contributed by atoms with Crippen molar-refractivity contribution in [3.05, 3.63) is 82.9 Å². The predicted molar refractivity (Wildman–Crippen MR) is 86.6 cm³/mol. The second-order valence-corrected chi connectivity index (χ2v) is 5.50. The van der Waals surface area contributed by atoms with Crippen LogP contribution in [0.4, 0.5) is 0 Å². The van der Waals surface area contributed by atoms with Gasteiger partial charge in [-0.15, -0.1) is 0 Å². The van der Waals surface area contributed by atoms with E-state index in [0.717, 1.165) is 11.1 Å². The third-order valence-electron chi connectivity index (χ3n) is 3.87. The van der Waals surface area contributed by atoms with Gasteiger partial charge < -0.3 is 19.8 Å². The van der Waals surface area contributed by atoms with E-state index in [1.165, 1.54) is 0 Å². The van der Waals surface area contributed by atoms with E-state index in [1.807, 2.05) is 60.7 Å². The summed E-state index contributed by atoms with van der Waals surface area (Å²) in [6.07, 6.45) is 1.08. The molecule has 0 aliphatic carbocycles. The first-order valence-corrected chi connectivity index (χ1v) is 7.80. The van der Waals surface area contributed by atoms with Gasteiger partial charge in [0.15, 0.2) is 0 Å². The maximum Gasteiger partial charge on any atom is 1.00 e. The zero-order valence-corrected chi connectivity index (χ0v) is 19.2. The molecule has 2 rings (SSSR count). The first kappa shape index (κ1) is 25.1. The second kappa shape index (κ2) is 13.3. The number of hydrogen-bond acceptors (Lipinski definition) is 4. The average molecular weight is 368 g/mol. The summed E-state index contributed by atoms with van der Waals surface area (Å²) in [6, 6.07) is 18.6. The summed E-state index contributed by atoms with van der Waals surface area (Å²) < 4.78 is 0. The fourth-order valence-electron chi connectivity index (χ4n) is 2.58. The summed E-state index contributed by atoms with van der Waals surface area (Å²) in [5.41, 5.74) is 1.51. The van der Waals surface area contributed by atoms with E-state index < -0.39 is 11.9 Å². The van der Waals surface area contributed by atoms with Gasteiger partial charge in [-0.1, -0.05) is 60.7 Å². The fraction of sp³-hybridized carbons (Fsp3) is 0.200. The van der Waals surface area contributed by atoms with Crippen molar-refractivity contribution in [3.8, 4) is 0 Å². The van der Waals surface area contributed by atoms with Gasteiger partial charge in [0, 0.05) is 0 Å². The number of hydrogen-bond donors (Lipinski definition) is 0. The summed E-state index contributed by atoms with van der Waals surface area (Å²) >= 11 is 0. The van der Waals surface area contributed by atoms with Crippen molar-refractivity contribution in [1.82, 2.24) is 0 Å².